The number of para-hydroxylation sites is 1. The van der Waals surface area contributed by atoms with Gasteiger partial charge in [-0.05, 0) is 37.6 Å². The Kier molecular flexibility index (Phi) is 5.95. The average Bonchev–Trinajstić information content (AvgIpc) is 2.61. The van der Waals surface area contributed by atoms with Gasteiger partial charge in [-0.3, -0.25) is 9.79 Å². The molecule has 5 heteroatoms. The lowest BCUT2D eigenvalue weighted by atomic mass is 10.0. The molecule has 0 aliphatic heterocycles. The van der Waals surface area contributed by atoms with Crippen molar-refractivity contribution in [2.45, 2.75) is 20.3 Å². The number of phenols is 2. The highest BCUT2D eigenvalue weighted by Gasteiger charge is 2.12. The zero-order chi connectivity index (χ0) is 17.5. The van der Waals surface area contributed by atoms with Crippen molar-refractivity contribution in [1.29, 1.82) is 0 Å². The first-order valence-corrected chi connectivity index (χ1v) is 7.88. The normalized spacial score (nSPS) is 11.3. The van der Waals surface area contributed by atoms with Crippen LogP contribution in [-0.4, -0.2) is 34.8 Å². The van der Waals surface area contributed by atoms with Gasteiger partial charge < -0.3 is 15.5 Å². The number of ketones is 1. The molecule has 0 aromatic heterocycles. The molecular weight excluding hydrogens is 304 g/mol. The summed E-state index contributed by atoms with van der Waals surface area (Å²) in [5.74, 6) is 0.0000863. The molecule has 5 nitrogen and oxygen atoms in total. The fourth-order valence-electron chi connectivity index (χ4n) is 2.31. The molecule has 2 rings (SSSR count). The lowest BCUT2D eigenvalue weighted by Crippen LogP contribution is -2.17. The molecular formula is C19H22N2O3. The van der Waals surface area contributed by atoms with Crippen LogP contribution in [0.5, 0.6) is 11.5 Å². The Hall–Kier alpha value is -2.82. The second-order valence-corrected chi connectivity index (χ2v) is 5.48. The maximum Gasteiger partial charge on any atom is 0.173 e. The molecule has 0 heterocycles. The third kappa shape index (κ3) is 4.35. The summed E-state index contributed by atoms with van der Waals surface area (Å²) in [6.45, 7) is 3.79. The lowest BCUT2D eigenvalue weighted by molar-refractivity contribution is -0.116. The predicted molar refractivity (Wildman–Crippen MR) is 96.1 cm³/mol. The van der Waals surface area contributed by atoms with Gasteiger partial charge in [-0.1, -0.05) is 25.1 Å². The molecule has 0 saturated heterocycles. The Morgan fingerprint density at radius 1 is 1.12 bits per heavy atom. The molecule has 0 aliphatic rings. The Morgan fingerprint density at radius 3 is 2.50 bits per heavy atom. The van der Waals surface area contributed by atoms with E-state index in [1.54, 1.807) is 13.0 Å². The van der Waals surface area contributed by atoms with Crippen molar-refractivity contribution in [1.82, 2.24) is 0 Å². The molecule has 3 N–H and O–H groups in total. The first kappa shape index (κ1) is 17.5. The number of hydrogen-bond acceptors (Lipinski definition) is 5. The van der Waals surface area contributed by atoms with Gasteiger partial charge in [0.2, 0.25) is 0 Å². The average molecular weight is 326 g/mol. The molecule has 0 unspecified atom stereocenters. The van der Waals surface area contributed by atoms with Gasteiger partial charge in [-0.25, -0.2) is 0 Å². The van der Waals surface area contributed by atoms with E-state index in [0.29, 0.717) is 23.3 Å². The van der Waals surface area contributed by atoms with Gasteiger partial charge in [0.15, 0.2) is 5.78 Å². The van der Waals surface area contributed by atoms with Gasteiger partial charge in [0, 0.05) is 22.5 Å². The van der Waals surface area contributed by atoms with Crippen molar-refractivity contribution >= 4 is 17.2 Å². The minimum absolute atomic E-state index is 0.00506. The summed E-state index contributed by atoms with van der Waals surface area (Å²) in [5, 5.41) is 22.8. The zero-order valence-corrected chi connectivity index (χ0v) is 13.9. The Morgan fingerprint density at radius 2 is 1.83 bits per heavy atom. The molecule has 0 radical (unpaired) electrons. The third-order valence-electron chi connectivity index (χ3n) is 3.76. The topological polar surface area (TPSA) is 81.9 Å². The van der Waals surface area contributed by atoms with Gasteiger partial charge in [-0.2, -0.15) is 0 Å². The molecule has 2 aromatic carbocycles. The van der Waals surface area contributed by atoms with Crippen molar-refractivity contribution in [2.24, 2.45) is 4.99 Å². The highest BCUT2D eigenvalue weighted by atomic mass is 16.3. The molecule has 0 saturated carbocycles. The second-order valence-electron chi connectivity index (χ2n) is 5.48. The second kappa shape index (κ2) is 8.15. The first-order chi connectivity index (χ1) is 11.5. The van der Waals surface area contributed by atoms with E-state index < -0.39 is 0 Å². The predicted octanol–water partition coefficient (Wildman–Crippen LogP) is 3.29. The number of carbonyl (C=O) groups excluding carboxylic acids is 1. The number of aliphatic imine (C=N–C) groups is 1. The maximum absolute atomic E-state index is 12.0. The van der Waals surface area contributed by atoms with Crippen molar-refractivity contribution in [3.8, 4) is 11.5 Å². The molecule has 0 atom stereocenters. The summed E-state index contributed by atoms with van der Waals surface area (Å²) in [4.78, 5) is 16.3. The van der Waals surface area contributed by atoms with Crippen molar-refractivity contribution in [3.05, 3.63) is 53.6 Å². The first-order valence-electron chi connectivity index (χ1n) is 7.88. The van der Waals surface area contributed by atoms with Crippen molar-refractivity contribution < 1.29 is 15.0 Å². The zero-order valence-electron chi connectivity index (χ0n) is 13.9. The van der Waals surface area contributed by atoms with Crippen molar-refractivity contribution in [3.63, 3.8) is 0 Å². The van der Waals surface area contributed by atoms with E-state index in [4.69, 9.17) is 0 Å². The Balaban J connectivity index is 2.03. The molecule has 2 aromatic rings. The minimum atomic E-state index is -0.0419. The number of carbonyl (C=O) groups is 1. The number of anilines is 1. The van der Waals surface area contributed by atoms with E-state index in [1.165, 1.54) is 6.07 Å². The number of rotatable bonds is 7. The van der Waals surface area contributed by atoms with Crippen LogP contribution >= 0.6 is 0 Å². The van der Waals surface area contributed by atoms with Crippen LogP contribution in [0.1, 0.15) is 24.5 Å². The summed E-state index contributed by atoms with van der Waals surface area (Å²) in [6, 6.07) is 12.6. The SMILES string of the molecule is CCC(=NCC(=O)CNc1ccccc1)c1ccc(O)c(C)c1O. The van der Waals surface area contributed by atoms with Crippen LogP contribution in [0.3, 0.4) is 0 Å². The van der Waals surface area contributed by atoms with Crippen LogP contribution in [0.25, 0.3) is 0 Å². The molecule has 0 spiro atoms. The number of Topliss-reactive ketones (excluding diaryl/α,β-unsaturated/α-hetero) is 1. The quantitative estimate of drug-likeness (QED) is 0.682. The largest absolute Gasteiger partial charge is 0.508 e. The maximum atomic E-state index is 12.0. The third-order valence-corrected chi connectivity index (χ3v) is 3.76. The summed E-state index contributed by atoms with van der Waals surface area (Å²) in [6.07, 6.45) is 0.581. The van der Waals surface area contributed by atoms with E-state index in [1.807, 2.05) is 37.3 Å². The highest BCUT2D eigenvalue weighted by Crippen LogP contribution is 2.30. The van der Waals surface area contributed by atoms with Gasteiger partial charge in [-0.15, -0.1) is 0 Å². The summed E-state index contributed by atoms with van der Waals surface area (Å²) < 4.78 is 0. The van der Waals surface area contributed by atoms with Gasteiger partial charge in [0.25, 0.3) is 0 Å². The van der Waals surface area contributed by atoms with Gasteiger partial charge >= 0.3 is 0 Å². The molecule has 0 amide bonds. The van der Waals surface area contributed by atoms with Crippen LogP contribution < -0.4 is 5.32 Å². The van der Waals surface area contributed by atoms with Crippen LogP contribution in [0.2, 0.25) is 0 Å². The molecule has 0 bridgehead atoms. The number of benzene rings is 2. The van der Waals surface area contributed by atoms with Gasteiger partial charge in [0.05, 0.1) is 13.1 Å². The molecule has 24 heavy (non-hydrogen) atoms. The Labute approximate surface area is 141 Å². The number of aromatic hydroxyl groups is 2. The summed E-state index contributed by atoms with van der Waals surface area (Å²) in [5.41, 5.74) is 2.49. The summed E-state index contributed by atoms with van der Waals surface area (Å²) >= 11 is 0. The number of nitrogens with zero attached hydrogens (tertiary/aromatic N) is 1. The molecule has 0 fully saturated rings. The van der Waals surface area contributed by atoms with E-state index in [9.17, 15) is 15.0 Å². The van der Waals surface area contributed by atoms with Crippen LogP contribution in [-0.2, 0) is 4.79 Å². The lowest BCUT2D eigenvalue weighted by Gasteiger charge is -2.10. The standard InChI is InChI=1S/C19H22N2O3/c1-3-17(16-9-10-18(23)13(2)19(16)24)21-12-15(22)11-20-14-7-5-4-6-8-14/h4-10,20,23-24H,3,11-12H2,1-2H3. The van der Waals surface area contributed by atoms with Crippen molar-refractivity contribution in [2.75, 3.05) is 18.4 Å². The van der Waals surface area contributed by atoms with E-state index in [-0.39, 0.29) is 30.4 Å². The van der Waals surface area contributed by atoms with E-state index in [2.05, 4.69) is 10.3 Å². The number of nitrogens with one attached hydrogen (secondary N) is 1. The number of hydrogen-bond donors (Lipinski definition) is 3. The van der Waals surface area contributed by atoms with E-state index >= 15 is 0 Å². The van der Waals surface area contributed by atoms with E-state index in [0.717, 1.165) is 5.69 Å². The minimum Gasteiger partial charge on any atom is -0.508 e. The summed E-state index contributed by atoms with van der Waals surface area (Å²) in [7, 11) is 0. The molecule has 0 aliphatic carbocycles. The highest BCUT2D eigenvalue weighted by molar-refractivity contribution is 6.04. The fraction of sp³-hybridized carbons (Fsp3) is 0.263. The fourth-order valence-corrected chi connectivity index (χ4v) is 2.31. The van der Waals surface area contributed by atoms with Crippen LogP contribution in [0.4, 0.5) is 5.69 Å². The monoisotopic (exact) mass is 326 g/mol. The number of phenolic OH excluding ortho intramolecular Hbond substituents is 2. The smallest absolute Gasteiger partial charge is 0.173 e. The van der Waals surface area contributed by atoms with Gasteiger partial charge in [0.1, 0.15) is 11.5 Å². The Bertz CT molecular complexity index is 740. The van der Waals surface area contributed by atoms with Crippen LogP contribution in [0, 0.1) is 6.92 Å². The molecule has 126 valence electrons. The van der Waals surface area contributed by atoms with Crippen LogP contribution in [0.15, 0.2) is 47.5 Å².